The minimum Gasteiger partial charge on any atom is -0.329 e. The molecule has 4 nitrogen and oxygen atoms in total. The molecule has 0 saturated heterocycles. The summed E-state index contributed by atoms with van der Waals surface area (Å²) in [6.07, 6.45) is 1.13. The summed E-state index contributed by atoms with van der Waals surface area (Å²) in [7, 11) is -3.29. The van der Waals surface area contributed by atoms with Crippen molar-refractivity contribution in [1.29, 1.82) is 0 Å². The van der Waals surface area contributed by atoms with Crippen LogP contribution >= 0.6 is 0 Å². The lowest BCUT2D eigenvalue weighted by atomic mass is 10.1. The molecule has 1 saturated carbocycles. The molecule has 1 aliphatic carbocycles. The quantitative estimate of drug-likeness (QED) is 0.798. The van der Waals surface area contributed by atoms with Gasteiger partial charge in [0.25, 0.3) is 0 Å². The molecular weight excluding hydrogens is 243 g/mol. The van der Waals surface area contributed by atoms with E-state index >= 15 is 0 Å². The number of hydrogen-bond donors (Lipinski definition) is 2. The summed E-state index contributed by atoms with van der Waals surface area (Å²) in [6, 6.07) is 5.84. The summed E-state index contributed by atoms with van der Waals surface area (Å²) in [5, 5.41) is -0.721. The summed E-state index contributed by atoms with van der Waals surface area (Å²) >= 11 is 0. The van der Waals surface area contributed by atoms with E-state index in [9.17, 15) is 12.8 Å². The van der Waals surface area contributed by atoms with Crippen LogP contribution in [-0.4, -0.2) is 32.0 Å². The van der Waals surface area contributed by atoms with Crippen LogP contribution in [0, 0.1) is 5.82 Å². The Morgan fingerprint density at radius 3 is 2.53 bits per heavy atom. The van der Waals surface area contributed by atoms with E-state index in [2.05, 4.69) is 0 Å². The van der Waals surface area contributed by atoms with Gasteiger partial charge in [-0.15, -0.1) is 0 Å². The monoisotopic (exact) mass is 258 g/mol. The first-order valence-electron chi connectivity index (χ1n) is 5.24. The zero-order valence-electron chi connectivity index (χ0n) is 9.43. The molecule has 1 aliphatic rings. The zero-order chi connectivity index (χ0) is 12.8. The largest absolute Gasteiger partial charge is 0.329 e. The van der Waals surface area contributed by atoms with E-state index in [1.54, 1.807) is 12.1 Å². The first kappa shape index (κ1) is 12.5. The predicted octanol–water partition coefficient (Wildman–Crippen LogP) is -0.00770. The highest BCUT2D eigenvalue weighted by atomic mass is 32.2. The molecule has 0 heterocycles. The fraction of sp³-hybridized carbons (Fsp3) is 0.455. The molecule has 4 N–H and O–H groups in total. The molecule has 1 fully saturated rings. The van der Waals surface area contributed by atoms with E-state index in [1.165, 1.54) is 12.1 Å². The zero-order valence-corrected chi connectivity index (χ0v) is 10.2. The smallest absolute Gasteiger partial charge is 0.152 e. The van der Waals surface area contributed by atoms with Crippen LogP contribution in [0.2, 0.25) is 0 Å². The van der Waals surface area contributed by atoms with Crippen LogP contribution in [0.1, 0.15) is 11.5 Å². The molecule has 0 amide bonds. The van der Waals surface area contributed by atoms with Crippen molar-refractivity contribution in [3.8, 4) is 0 Å². The van der Waals surface area contributed by atoms with Crippen LogP contribution in [0.25, 0.3) is 0 Å². The van der Waals surface area contributed by atoms with Gasteiger partial charge in [0.2, 0.25) is 0 Å². The van der Waals surface area contributed by atoms with Crippen LogP contribution in [-0.2, 0) is 9.84 Å². The van der Waals surface area contributed by atoms with E-state index in [4.69, 9.17) is 11.5 Å². The maximum atomic E-state index is 13.1. The van der Waals surface area contributed by atoms with Crippen molar-refractivity contribution in [3.63, 3.8) is 0 Å². The Hall–Kier alpha value is -0.980. The van der Waals surface area contributed by atoms with Gasteiger partial charge in [0, 0.05) is 18.7 Å². The minimum atomic E-state index is -3.29. The third-order valence-corrected chi connectivity index (χ3v) is 4.96. The van der Waals surface area contributed by atoms with Crippen molar-refractivity contribution in [1.82, 2.24) is 0 Å². The topological polar surface area (TPSA) is 86.2 Å². The van der Waals surface area contributed by atoms with Crippen molar-refractivity contribution in [2.45, 2.75) is 16.7 Å². The molecule has 3 unspecified atom stereocenters. The van der Waals surface area contributed by atoms with Crippen LogP contribution in [0.3, 0.4) is 0 Å². The van der Waals surface area contributed by atoms with E-state index in [1.807, 2.05) is 0 Å². The molecule has 3 atom stereocenters. The van der Waals surface area contributed by atoms with Gasteiger partial charge in [-0.25, -0.2) is 12.8 Å². The molecule has 2 rings (SSSR count). The maximum Gasteiger partial charge on any atom is 0.152 e. The molecule has 0 spiro atoms. The molecular formula is C11H15FN2O2S. The molecule has 6 heteroatoms. The highest BCUT2D eigenvalue weighted by Crippen LogP contribution is 2.53. The second kappa shape index (κ2) is 3.76. The Kier molecular flexibility index (Phi) is 2.76. The summed E-state index contributed by atoms with van der Waals surface area (Å²) in [5.74, 6) is -0.820. The third-order valence-electron chi connectivity index (χ3n) is 3.32. The molecule has 0 radical (unpaired) electrons. The van der Waals surface area contributed by atoms with Gasteiger partial charge in [-0.2, -0.15) is 0 Å². The molecule has 1 aromatic carbocycles. The van der Waals surface area contributed by atoms with Crippen molar-refractivity contribution in [2.75, 3.05) is 12.8 Å². The van der Waals surface area contributed by atoms with Gasteiger partial charge in [-0.3, -0.25) is 0 Å². The normalized spacial score (nSPS) is 32.5. The first-order valence-corrected chi connectivity index (χ1v) is 7.19. The highest BCUT2D eigenvalue weighted by Gasteiger charge is 2.67. The fourth-order valence-electron chi connectivity index (χ4n) is 2.50. The Morgan fingerprint density at radius 2 is 2.12 bits per heavy atom. The van der Waals surface area contributed by atoms with Crippen molar-refractivity contribution >= 4 is 9.84 Å². The Bertz CT molecular complexity index is 546. The molecule has 1 aromatic rings. The number of sulfone groups is 1. The molecule has 0 aliphatic heterocycles. The standard InChI is InChI=1S/C11H15FN2O2S/c1-17(15,16)10-9(11(10,14)6-13)7-3-2-4-8(12)5-7/h2-5,9-10H,6,13-14H2,1H3. The van der Waals surface area contributed by atoms with Crippen LogP contribution in [0.4, 0.5) is 4.39 Å². The fourth-order valence-corrected chi connectivity index (χ4v) is 4.36. The van der Waals surface area contributed by atoms with Crippen molar-refractivity contribution in [2.24, 2.45) is 11.5 Å². The maximum absolute atomic E-state index is 13.1. The molecule has 94 valence electrons. The van der Waals surface area contributed by atoms with Crippen LogP contribution in [0.15, 0.2) is 24.3 Å². The average Bonchev–Trinajstić information content (AvgIpc) is 2.86. The van der Waals surface area contributed by atoms with E-state index in [-0.39, 0.29) is 6.54 Å². The van der Waals surface area contributed by atoms with Gasteiger partial charge < -0.3 is 11.5 Å². The Labute approximate surface area is 99.7 Å². The number of benzene rings is 1. The Balaban J connectivity index is 2.41. The SMILES string of the molecule is CS(=O)(=O)C1C(c2cccc(F)c2)C1(N)CN. The van der Waals surface area contributed by atoms with E-state index in [0.717, 1.165) is 6.26 Å². The van der Waals surface area contributed by atoms with Crippen LogP contribution in [0.5, 0.6) is 0 Å². The van der Waals surface area contributed by atoms with Gasteiger partial charge in [0.15, 0.2) is 9.84 Å². The van der Waals surface area contributed by atoms with E-state index in [0.29, 0.717) is 5.56 Å². The summed E-state index contributed by atoms with van der Waals surface area (Å²) in [4.78, 5) is 0. The lowest BCUT2D eigenvalue weighted by molar-refractivity contribution is 0.591. The van der Waals surface area contributed by atoms with Gasteiger partial charge in [0.1, 0.15) is 5.82 Å². The molecule has 0 aromatic heterocycles. The Morgan fingerprint density at radius 1 is 1.47 bits per heavy atom. The second-order valence-corrected chi connectivity index (χ2v) is 6.77. The summed E-state index contributed by atoms with van der Waals surface area (Å²) in [5.41, 5.74) is 11.1. The number of rotatable bonds is 3. The van der Waals surface area contributed by atoms with Crippen molar-refractivity contribution in [3.05, 3.63) is 35.6 Å². The summed E-state index contributed by atoms with van der Waals surface area (Å²) in [6.45, 7) is 0.0614. The lowest BCUT2D eigenvalue weighted by Crippen LogP contribution is -2.38. The number of halogens is 1. The molecule has 17 heavy (non-hydrogen) atoms. The second-order valence-electron chi connectivity index (χ2n) is 4.60. The minimum absolute atomic E-state index is 0.0614. The predicted molar refractivity (Wildman–Crippen MR) is 63.7 cm³/mol. The first-order chi connectivity index (χ1) is 7.80. The lowest BCUT2D eigenvalue weighted by Gasteiger charge is -2.07. The van der Waals surface area contributed by atoms with Crippen LogP contribution < -0.4 is 11.5 Å². The van der Waals surface area contributed by atoms with Gasteiger partial charge in [-0.05, 0) is 17.7 Å². The van der Waals surface area contributed by atoms with Gasteiger partial charge in [-0.1, -0.05) is 12.1 Å². The highest BCUT2D eigenvalue weighted by molar-refractivity contribution is 7.91. The van der Waals surface area contributed by atoms with E-state index < -0.39 is 32.4 Å². The molecule has 0 bridgehead atoms. The van der Waals surface area contributed by atoms with Gasteiger partial charge in [0.05, 0.1) is 10.8 Å². The number of hydrogen-bond acceptors (Lipinski definition) is 4. The number of nitrogens with two attached hydrogens (primary N) is 2. The average molecular weight is 258 g/mol. The van der Waals surface area contributed by atoms with Gasteiger partial charge >= 0.3 is 0 Å². The summed E-state index contributed by atoms with van der Waals surface area (Å²) < 4.78 is 36.3. The third kappa shape index (κ3) is 1.96. The van der Waals surface area contributed by atoms with Crippen molar-refractivity contribution < 1.29 is 12.8 Å².